The van der Waals surface area contributed by atoms with Gasteiger partial charge in [0.15, 0.2) is 0 Å². The third-order valence-corrected chi connectivity index (χ3v) is 4.72. The van der Waals surface area contributed by atoms with E-state index in [9.17, 15) is 8.78 Å². The second-order valence-corrected chi connectivity index (χ2v) is 6.39. The van der Waals surface area contributed by atoms with E-state index in [0.717, 1.165) is 56.7 Å². The zero-order chi connectivity index (χ0) is 16.8. The minimum absolute atomic E-state index is 0.175. The molecule has 2 aromatic carbocycles. The summed E-state index contributed by atoms with van der Waals surface area (Å²) in [6.07, 6.45) is 2.04. The van der Waals surface area contributed by atoms with Gasteiger partial charge in [-0.1, -0.05) is 24.3 Å². The standard InChI is InChI=1S/C20H24F2N2/c21-18-7-3-16(4-8-18)20(17-5-9-19(22)10-6-17)2-1-13-24-14-11-23-12-15-24/h3-10,20,23H,1-2,11-15H2/q+1. The van der Waals surface area contributed by atoms with Crippen LogP contribution in [-0.4, -0.2) is 32.7 Å². The number of halogens is 2. The first-order chi connectivity index (χ1) is 11.7. The lowest BCUT2D eigenvalue weighted by atomic mass is 9.87. The van der Waals surface area contributed by atoms with E-state index in [0.29, 0.717) is 0 Å². The number of piperazine rings is 1. The summed E-state index contributed by atoms with van der Waals surface area (Å²) in [7, 11) is 0. The number of rotatable bonds is 6. The summed E-state index contributed by atoms with van der Waals surface area (Å²) in [5.74, 6) is -0.274. The Morgan fingerprint density at radius 1 is 0.833 bits per heavy atom. The second-order valence-electron chi connectivity index (χ2n) is 6.39. The highest BCUT2D eigenvalue weighted by atomic mass is 19.1. The Labute approximate surface area is 142 Å². The molecule has 24 heavy (non-hydrogen) atoms. The second kappa shape index (κ2) is 8.36. The van der Waals surface area contributed by atoms with Gasteiger partial charge in [-0.05, 0) is 41.8 Å². The van der Waals surface area contributed by atoms with Crippen LogP contribution in [0.4, 0.5) is 8.78 Å². The lowest BCUT2D eigenvalue weighted by molar-refractivity contribution is 0.346. The van der Waals surface area contributed by atoms with E-state index < -0.39 is 0 Å². The molecule has 1 aliphatic rings. The average Bonchev–Trinajstić information content (AvgIpc) is 2.62. The van der Waals surface area contributed by atoms with Gasteiger partial charge in [0, 0.05) is 25.4 Å². The molecule has 1 N–H and O–H groups in total. The minimum Gasteiger partial charge on any atom is -0.306 e. The molecule has 3 rings (SSSR count). The molecule has 0 amide bonds. The molecular formula is C20H24F2N2+. The van der Waals surface area contributed by atoms with Gasteiger partial charge in [0.2, 0.25) is 0 Å². The lowest BCUT2D eigenvalue weighted by Crippen LogP contribution is -2.47. The monoisotopic (exact) mass is 330 g/mol. The van der Waals surface area contributed by atoms with Crippen LogP contribution in [0, 0.1) is 11.6 Å². The molecule has 127 valence electrons. The molecular weight excluding hydrogens is 306 g/mol. The van der Waals surface area contributed by atoms with Crippen molar-refractivity contribution in [1.82, 2.24) is 10.2 Å². The molecule has 0 aliphatic carbocycles. The van der Waals surface area contributed by atoms with Crippen molar-refractivity contribution < 1.29 is 8.78 Å². The van der Waals surface area contributed by atoms with Crippen LogP contribution in [-0.2, 0) is 0 Å². The summed E-state index contributed by atoms with van der Waals surface area (Å²) < 4.78 is 26.5. The first-order valence-electron chi connectivity index (χ1n) is 8.66. The first-order valence-corrected chi connectivity index (χ1v) is 8.66. The topological polar surface area (TPSA) is 17.9 Å². The first kappa shape index (κ1) is 17.1. The number of nitrogens with one attached hydrogen (secondary N) is 1. The van der Waals surface area contributed by atoms with Gasteiger partial charge in [0.25, 0.3) is 0 Å². The number of hydrogen-bond acceptors (Lipinski definition) is 2. The van der Waals surface area contributed by atoms with E-state index in [-0.39, 0.29) is 17.6 Å². The average molecular weight is 330 g/mol. The van der Waals surface area contributed by atoms with Crippen LogP contribution >= 0.6 is 0 Å². The summed E-state index contributed by atoms with van der Waals surface area (Å²) in [5, 5.41) is 3.36. The van der Waals surface area contributed by atoms with Gasteiger partial charge in [0.1, 0.15) is 31.3 Å². The van der Waals surface area contributed by atoms with Crippen LogP contribution in [0.5, 0.6) is 0 Å². The zero-order valence-electron chi connectivity index (χ0n) is 13.8. The van der Waals surface area contributed by atoms with Crippen LogP contribution < -0.4 is 10.2 Å². The Kier molecular flexibility index (Phi) is 5.94. The van der Waals surface area contributed by atoms with Crippen molar-refractivity contribution in [2.24, 2.45) is 0 Å². The van der Waals surface area contributed by atoms with Crippen molar-refractivity contribution >= 4 is 0 Å². The third-order valence-electron chi connectivity index (χ3n) is 4.72. The lowest BCUT2D eigenvalue weighted by Gasteiger charge is -2.21. The molecule has 0 atom stereocenters. The maximum atomic E-state index is 13.2. The molecule has 1 radical (unpaired) electrons. The highest BCUT2D eigenvalue weighted by Gasteiger charge is 2.20. The SMILES string of the molecule is Fc1ccc(C(CCC[N+]2CCNCC2)c2ccc(F)cc2)cc1. The summed E-state index contributed by atoms with van der Waals surface area (Å²) in [6, 6.07) is 13.4. The van der Waals surface area contributed by atoms with E-state index >= 15 is 0 Å². The van der Waals surface area contributed by atoms with Crippen LogP contribution in [0.3, 0.4) is 0 Å². The largest absolute Gasteiger partial charge is 0.306 e. The Hall–Kier alpha value is -1.78. The molecule has 2 nitrogen and oxygen atoms in total. The van der Waals surface area contributed by atoms with Crippen molar-refractivity contribution in [3.05, 3.63) is 71.3 Å². The fourth-order valence-corrected chi connectivity index (χ4v) is 3.37. The van der Waals surface area contributed by atoms with E-state index in [4.69, 9.17) is 0 Å². The molecule has 0 saturated carbocycles. The van der Waals surface area contributed by atoms with Crippen LogP contribution in [0.15, 0.2) is 48.5 Å². The molecule has 0 aromatic heterocycles. The molecule has 1 heterocycles. The maximum absolute atomic E-state index is 13.2. The van der Waals surface area contributed by atoms with Crippen LogP contribution in [0.25, 0.3) is 0 Å². The molecule has 0 spiro atoms. The highest BCUT2D eigenvalue weighted by molar-refractivity contribution is 5.32. The van der Waals surface area contributed by atoms with Crippen LogP contribution in [0.1, 0.15) is 29.9 Å². The Bertz CT molecular complexity index is 574. The summed E-state index contributed by atoms with van der Waals surface area (Å²) >= 11 is 0. The van der Waals surface area contributed by atoms with Crippen molar-refractivity contribution in [1.29, 1.82) is 0 Å². The van der Waals surface area contributed by atoms with Gasteiger partial charge in [-0.15, -0.1) is 0 Å². The number of hydrogen-bond donors (Lipinski definition) is 1. The summed E-state index contributed by atoms with van der Waals surface area (Å²) in [4.78, 5) is 2.48. The van der Waals surface area contributed by atoms with Gasteiger partial charge >= 0.3 is 0 Å². The van der Waals surface area contributed by atoms with Crippen LogP contribution in [0.2, 0.25) is 0 Å². The van der Waals surface area contributed by atoms with Crippen molar-refractivity contribution in [2.75, 3.05) is 32.7 Å². The van der Waals surface area contributed by atoms with E-state index in [2.05, 4.69) is 10.2 Å². The van der Waals surface area contributed by atoms with Crippen molar-refractivity contribution in [2.45, 2.75) is 18.8 Å². The van der Waals surface area contributed by atoms with Crippen molar-refractivity contribution in [3.8, 4) is 0 Å². The molecule has 0 unspecified atom stereocenters. The molecule has 0 bridgehead atoms. The van der Waals surface area contributed by atoms with Gasteiger partial charge in [-0.25, -0.2) is 8.78 Å². The predicted molar refractivity (Wildman–Crippen MR) is 93.5 cm³/mol. The quantitative estimate of drug-likeness (QED) is 0.801. The smallest absolute Gasteiger partial charge is 0.135 e. The van der Waals surface area contributed by atoms with E-state index in [1.165, 1.54) is 24.3 Å². The Morgan fingerprint density at radius 3 is 1.83 bits per heavy atom. The van der Waals surface area contributed by atoms with Gasteiger partial charge < -0.3 is 5.32 Å². The normalized spacial score (nSPS) is 15.8. The van der Waals surface area contributed by atoms with Gasteiger partial charge in [0.05, 0.1) is 0 Å². The molecule has 4 heteroatoms. The third kappa shape index (κ3) is 4.62. The predicted octanol–water partition coefficient (Wildman–Crippen LogP) is 3.62. The Morgan fingerprint density at radius 2 is 1.33 bits per heavy atom. The fourth-order valence-electron chi connectivity index (χ4n) is 3.37. The Balaban J connectivity index is 1.69. The molecule has 1 fully saturated rings. The zero-order valence-corrected chi connectivity index (χ0v) is 13.8. The maximum Gasteiger partial charge on any atom is 0.135 e. The van der Waals surface area contributed by atoms with Gasteiger partial charge in [-0.3, -0.25) is 0 Å². The van der Waals surface area contributed by atoms with E-state index in [1.54, 1.807) is 0 Å². The molecule has 2 aromatic rings. The van der Waals surface area contributed by atoms with Gasteiger partial charge in [-0.2, -0.15) is 4.90 Å². The summed E-state index contributed by atoms with van der Waals surface area (Å²) in [6.45, 7) is 5.37. The van der Waals surface area contributed by atoms with E-state index in [1.807, 2.05) is 24.3 Å². The van der Waals surface area contributed by atoms with Crippen molar-refractivity contribution in [3.63, 3.8) is 0 Å². The molecule has 1 aliphatic heterocycles. The fraction of sp³-hybridized carbons (Fsp3) is 0.400. The summed E-state index contributed by atoms with van der Waals surface area (Å²) in [5.41, 5.74) is 2.17. The highest BCUT2D eigenvalue weighted by Crippen LogP contribution is 2.29. The minimum atomic E-state index is -0.225. The molecule has 1 saturated heterocycles. The number of nitrogens with zero attached hydrogens (tertiary/aromatic N) is 1. The number of benzene rings is 2.